The Hall–Kier alpha value is -0.990. The highest BCUT2D eigenvalue weighted by molar-refractivity contribution is 5.84. The Morgan fingerprint density at radius 2 is 2.07 bits per heavy atom. The van der Waals surface area contributed by atoms with Crippen molar-refractivity contribution in [3.63, 3.8) is 0 Å². The van der Waals surface area contributed by atoms with Gasteiger partial charge in [-0.3, -0.25) is 0 Å². The minimum Gasteiger partial charge on any atom is -0.487 e. The molecule has 0 unspecified atom stereocenters. The third-order valence-electron chi connectivity index (χ3n) is 2.55. The normalized spacial score (nSPS) is 19.4. The van der Waals surface area contributed by atoms with Gasteiger partial charge in [0, 0.05) is 0 Å². The van der Waals surface area contributed by atoms with Gasteiger partial charge >= 0.3 is 5.97 Å². The molecule has 1 saturated carbocycles. The molecule has 0 aliphatic heterocycles. The van der Waals surface area contributed by atoms with Crippen LogP contribution in [0.2, 0.25) is 0 Å². The highest BCUT2D eigenvalue weighted by Crippen LogP contribution is 2.25. The van der Waals surface area contributed by atoms with Gasteiger partial charge in [-0.15, -0.1) is 0 Å². The molecule has 80 valence electrons. The molecule has 1 aliphatic rings. The van der Waals surface area contributed by atoms with Crippen LogP contribution in [0.15, 0.2) is 11.8 Å². The molecule has 1 N–H and O–H groups in total. The van der Waals surface area contributed by atoms with E-state index >= 15 is 0 Å². The maximum absolute atomic E-state index is 10.8. The van der Waals surface area contributed by atoms with Crippen molar-refractivity contribution in [2.45, 2.75) is 39.0 Å². The fourth-order valence-corrected chi connectivity index (χ4v) is 1.85. The molecular formula is C11H18O3. The van der Waals surface area contributed by atoms with E-state index in [0.717, 1.165) is 12.8 Å². The van der Waals surface area contributed by atoms with E-state index in [0.29, 0.717) is 12.5 Å². The highest BCUT2D eigenvalue weighted by atomic mass is 16.5. The van der Waals surface area contributed by atoms with Crippen molar-refractivity contribution in [2.75, 3.05) is 6.61 Å². The predicted molar refractivity (Wildman–Crippen MR) is 53.9 cm³/mol. The minimum absolute atomic E-state index is 0.124. The van der Waals surface area contributed by atoms with E-state index in [1.165, 1.54) is 19.3 Å². The molecule has 3 nitrogen and oxygen atoms in total. The molecule has 0 aromatic carbocycles. The van der Waals surface area contributed by atoms with Crippen LogP contribution in [-0.4, -0.2) is 17.7 Å². The second-order valence-corrected chi connectivity index (χ2v) is 3.67. The van der Waals surface area contributed by atoms with Gasteiger partial charge in [0.05, 0.1) is 6.61 Å². The van der Waals surface area contributed by atoms with E-state index < -0.39 is 5.97 Å². The zero-order chi connectivity index (χ0) is 10.4. The van der Waals surface area contributed by atoms with E-state index in [9.17, 15) is 4.79 Å². The van der Waals surface area contributed by atoms with Gasteiger partial charge in [0.1, 0.15) is 0 Å². The van der Waals surface area contributed by atoms with Crippen molar-refractivity contribution in [1.82, 2.24) is 0 Å². The van der Waals surface area contributed by atoms with Gasteiger partial charge in [0.15, 0.2) is 0 Å². The lowest BCUT2D eigenvalue weighted by Crippen LogP contribution is -2.10. The summed E-state index contributed by atoms with van der Waals surface area (Å²) in [7, 11) is 0. The number of aliphatic carboxylic acids is 1. The molecule has 0 saturated heterocycles. The zero-order valence-corrected chi connectivity index (χ0v) is 8.66. The molecular weight excluding hydrogens is 180 g/mol. The molecule has 1 rings (SSSR count). The summed E-state index contributed by atoms with van der Waals surface area (Å²) in [6, 6.07) is 0. The van der Waals surface area contributed by atoms with Crippen molar-refractivity contribution in [2.24, 2.45) is 5.92 Å². The van der Waals surface area contributed by atoms with E-state index in [2.05, 4.69) is 0 Å². The van der Waals surface area contributed by atoms with Crippen molar-refractivity contribution in [1.29, 1.82) is 0 Å². The Morgan fingerprint density at radius 1 is 1.43 bits per heavy atom. The molecule has 1 fully saturated rings. The van der Waals surface area contributed by atoms with Gasteiger partial charge < -0.3 is 9.84 Å². The molecule has 0 radical (unpaired) electrons. The van der Waals surface area contributed by atoms with Gasteiger partial charge in [-0.2, -0.15) is 0 Å². The quantitative estimate of drug-likeness (QED) is 0.558. The van der Waals surface area contributed by atoms with Crippen LogP contribution in [0, 0.1) is 5.92 Å². The molecule has 3 heteroatoms. The van der Waals surface area contributed by atoms with E-state index in [1.54, 1.807) is 13.0 Å². The molecule has 0 atom stereocenters. The first-order chi connectivity index (χ1) is 6.74. The Balaban J connectivity index is 2.55. The standard InChI is InChI=1S/C11H18O3/c1-2-14-10(11(12)13)8-9-6-4-3-5-7-9/h8-9H,2-7H2,1H3,(H,12,13). The van der Waals surface area contributed by atoms with Crippen LogP contribution >= 0.6 is 0 Å². The first-order valence-corrected chi connectivity index (χ1v) is 5.32. The first kappa shape index (κ1) is 11.1. The SMILES string of the molecule is CCOC(=CC1CCCCC1)C(=O)O. The number of carboxylic acids is 1. The zero-order valence-electron chi connectivity index (χ0n) is 8.66. The highest BCUT2D eigenvalue weighted by Gasteiger charge is 2.15. The van der Waals surface area contributed by atoms with Gasteiger partial charge in [0.2, 0.25) is 5.76 Å². The third kappa shape index (κ3) is 3.40. The van der Waals surface area contributed by atoms with Crippen LogP contribution in [0.25, 0.3) is 0 Å². The summed E-state index contributed by atoms with van der Waals surface area (Å²) in [4.78, 5) is 10.8. The fourth-order valence-electron chi connectivity index (χ4n) is 1.85. The molecule has 0 amide bonds. The monoisotopic (exact) mass is 198 g/mol. The summed E-state index contributed by atoms with van der Waals surface area (Å²) in [5, 5.41) is 8.84. The largest absolute Gasteiger partial charge is 0.487 e. The van der Waals surface area contributed by atoms with Crippen LogP contribution < -0.4 is 0 Å². The van der Waals surface area contributed by atoms with Crippen molar-refractivity contribution in [3.8, 4) is 0 Å². The first-order valence-electron chi connectivity index (χ1n) is 5.32. The van der Waals surface area contributed by atoms with Crippen molar-refractivity contribution >= 4 is 5.97 Å². The summed E-state index contributed by atoms with van der Waals surface area (Å²) >= 11 is 0. The van der Waals surface area contributed by atoms with Crippen molar-refractivity contribution < 1.29 is 14.6 Å². The number of hydrogen-bond donors (Lipinski definition) is 1. The number of hydrogen-bond acceptors (Lipinski definition) is 2. The van der Waals surface area contributed by atoms with Crippen LogP contribution in [0.3, 0.4) is 0 Å². The molecule has 0 heterocycles. The van der Waals surface area contributed by atoms with Gasteiger partial charge in [-0.25, -0.2) is 4.79 Å². The molecule has 1 aliphatic carbocycles. The second kappa shape index (κ2) is 5.68. The van der Waals surface area contributed by atoms with Gasteiger partial charge in [-0.05, 0) is 31.8 Å². The summed E-state index contributed by atoms with van der Waals surface area (Å²) < 4.78 is 5.07. The Kier molecular flexibility index (Phi) is 4.50. The number of carbonyl (C=O) groups is 1. The lowest BCUT2D eigenvalue weighted by Gasteiger charge is -2.18. The third-order valence-corrected chi connectivity index (χ3v) is 2.55. The Labute approximate surface area is 84.8 Å². The lowest BCUT2D eigenvalue weighted by molar-refractivity contribution is -0.136. The van der Waals surface area contributed by atoms with Gasteiger partial charge in [0.25, 0.3) is 0 Å². The minimum atomic E-state index is -0.947. The maximum atomic E-state index is 10.8. The number of rotatable bonds is 4. The van der Waals surface area contributed by atoms with E-state index in [1.807, 2.05) is 0 Å². The molecule has 0 aromatic heterocycles. The smallest absolute Gasteiger partial charge is 0.370 e. The molecule has 0 aromatic rings. The molecule has 14 heavy (non-hydrogen) atoms. The summed E-state index contributed by atoms with van der Waals surface area (Å²) in [6.45, 7) is 2.22. The summed E-state index contributed by atoms with van der Waals surface area (Å²) in [5.41, 5.74) is 0. The number of allylic oxidation sites excluding steroid dienone is 1. The Morgan fingerprint density at radius 3 is 2.57 bits per heavy atom. The van der Waals surface area contributed by atoms with E-state index in [-0.39, 0.29) is 5.76 Å². The fraction of sp³-hybridized carbons (Fsp3) is 0.727. The Bertz CT molecular complexity index is 215. The average Bonchev–Trinajstić information content (AvgIpc) is 2.18. The second-order valence-electron chi connectivity index (χ2n) is 3.67. The summed E-state index contributed by atoms with van der Waals surface area (Å²) in [5.74, 6) is -0.418. The molecule has 0 bridgehead atoms. The topological polar surface area (TPSA) is 46.5 Å². The molecule has 0 spiro atoms. The summed E-state index contributed by atoms with van der Waals surface area (Å²) in [6.07, 6.45) is 7.68. The van der Waals surface area contributed by atoms with Crippen LogP contribution in [0.5, 0.6) is 0 Å². The van der Waals surface area contributed by atoms with Gasteiger partial charge in [-0.1, -0.05) is 19.3 Å². The van der Waals surface area contributed by atoms with E-state index in [4.69, 9.17) is 9.84 Å². The number of carboxylic acid groups (broad SMARTS) is 1. The number of ether oxygens (including phenoxy) is 1. The van der Waals surface area contributed by atoms with Crippen LogP contribution in [0.4, 0.5) is 0 Å². The van der Waals surface area contributed by atoms with Crippen LogP contribution in [-0.2, 0) is 9.53 Å². The maximum Gasteiger partial charge on any atom is 0.370 e. The van der Waals surface area contributed by atoms with Crippen LogP contribution in [0.1, 0.15) is 39.0 Å². The average molecular weight is 198 g/mol. The van der Waals surface area contributed by atoms with Crippen molar-refractivity contribution in [3.05, 3.63) is 11.8 Å². The lowest BCUT2D eigenvalue weighted by atomic mass is 9.89. The predicted octanol–water partition coefficient (Wildman–Crippen LogP) is 2.57.